The Morgan fingerprint density at radius 1 is 0.476 bits per heavy atom. The number of halogens is 2. The van der Waals surface area contributed by atoms with Gasteiger partial charge in [-0.1, -0.05) is 232 Å². The standard InChI is InChI=1S/C19H16BrNO2.C19H14N4O2.C19H16N2O2.6C2H6.ClH/c20-10-5-11-21-17-13-7-2-3-8-14(13)18(22)16(17)12-6-1-4-9-15(12)19(21)23;20-22-21-10-5-11-23-17-13-7-2-3-8-14(13)18(24)16(17)12-6-1-4-9-15(12)19(23)25;20-10-5-11-21-17-13-7-2-3-8-14(13)18(22)16(17)12-6-1-4-9-15(12)19(21)23;6*1-2;/h1-4,6-9,16-17H,5,10-11H2;1-4,6-9H,5,10-11H2;1-4,6-9H,5,10-11,20H2;6*1-2H3;1H/t16-,17-;;;;;;;;;/m1........./s1. The van der Waals surface area contributed by atoms with Crippen LogP contribution < -0.4 is 29.3 Å². The molecule has 3 heterocycles. The number of amides is 1. The van der Waals surface area contributed by atoms with Crippen LogP contribution in [0.1, 0.15) is 178 Å². The highest BCUT2D eigenvalue weighted by Crippen LogP contribution is 2.50. The van der Waals surface area contributed by atoms with Crippen LogP contribution in [-0.2, 0) is 13.1 Å². The maximum atomic E-state index is 13.0. The van der Waals surface area contributed by atoms with Crippen LogP contribution in [0.4, 0.5) is 0 Å². The van der Waals surface area contributed by atoms with Crippen molar-refractivity contribution in [1.82, 2.24) is 14.0 Å². The van der Waals surface area contributed by atoms with Gasteiger partial charge in [-0.25, -0.2) is 0 Å². The van der Waals surface area contributed by atoms with Crippen LogP contribution in [-0.4, -0.2) is 62.3 Å². The topological polar surface area (TPSA) is 192 Å². The molecule has 0 fully saturated rings. The zero-order valence-electron chi connectivity index (χ0n) is 51.0. The van der Waals surface area contributed by atoms with Crippen LogP contribution in [0.15, 0.2) is 160 Å². The van der Waals surface area contributed by atoms with Crippen LogP contribution >= 0.6 is 15.9 Å². The minimum absolute atomic E-state index is 0. The van der Waals surface area contributed by atoms with E-state index in [4.69, 9.17) is 5.53 Å². The van der Waals surface area contributed by atoms with E-state index in [0.29, 0.717) is 82.3 Å². The number of nitrogens with zero attached hydrogens (tertiary/aromatic N) is 6. The minimum Gasteiger partial charge on any atom is -1.00 e. The zero-order chi connectivity index (χ0) is 61.3. The Morgan fingerprint density at radius 3 is 1.30 bits per heavy atom. The third-order valence-corrected chi connectivity index (χ3v) is 14.4. The lowest BCUT2D eigenvalue weighted by molar-refractivity contribution is -0.368. The van der Waals surface area contributed by atoms with Gasteiger partial charge in [0.25, 0.3) is 17.0 Å². The highest BCUT2D eigenvalue weighted by molar-refractivity contribution is 9.09. The summed E-state index contributed by atoms with van der Waals surface area (Å²) in [6.07, 6.45) is 2.21. The van der Waals surface area contributed by atoms with Crippen molar-refractivity contribution in [2.24, 2.45) is 5.11 Å². The van der Waals surface area contributed by atoms with Crippen LogP contribution in [0.5, 0.6) is 0 Å². The predicted octanol–water partition coefficient (Wildman–Crippen LogP) is 12.9. The Morgan fingerprint density at radius 2 is 0.857 bits per heavy atom. The van der Waals surface area contributed by atoms with Gasteiger partial charge < -0.3 is 32.2 Å². The Kier molecular flexibility index (Phi) is 29.7. The number of benzene rings is 6. The molecule has 0 saturated heterocycles. The number of quaternary nitrogens is 1. The molecule has 0 saturated carbocycles. The summed E-state index contributed by atoms with van der Waals surface area (Å²) in [5.74, 6) is -0.140. The summed E-state index contributed by atoms with van der Waals surface area (Å²) in [5, 5.41) is 6.95. The molecule has 3 N–H and O–H groups in total. The van der Waals surface area contributed by atoms with Crippen LogP contribution in [0.2, 0.25) is 0 Å². The van der Waals surface area contributed by atoms with E-state index in [-0.39, 0.29) is 58.7 Å². The number of carbonyl (C=O) groups excluding carboxylic acids is 4. The van der Waals surface area contributed by atoms with Crippen molar-refractivity contribution in [3.05, 3.63) is 221 Å². The summed E-state index contributed by atoms with van der Waals surface area (Å²) >= 11 is 3.44. The number of fused-ring (bicyclic) bond motifs is 15. The molecular formula is C69H83BrClN7O6. The summed E-state index contributed by atoms with van der Waals surface area (Å²) in [6.45, 7) is 26.7. The van der Waals surface area contributed by atoms with Crippen LogP contribution in [0.25, 0.3) is 54.5 Å². The molecule has 444 valence electrons. The molecule has 84 heavy (non-hydrogen) atoms. The van der Waals surface area contributed by atoms with Gasteiger partial charge in [-0.05, 0) is 47.7 Å². The molecule has 2 atom stereocenters. The first-order chi connectivity index (χ1) is 40.7. The van der Waals surface area contributed by atoms with Crippen molar-refractivity contribution in [1.29, 1.82) is 0 Å². The average Bonchev–Trinajstić information content (AvgIpc) is 2.72. The molecule has 4 aliphatic rings. The van der Waals surface area contributed by atoms with E-state index in [1.165, 1.54) is 0 Å². The second kappa shape index (κ2) is 35.4. The highest BCUT2D eigenvalue weighted by atomic mass is 79.9. The second-order valence-corrected chi connectivity index (χ2v) is 18.5. The van der Waals surface area contributed by atoms with Crippen molar-refractivity contribution >= 4 is 60.7 Å². The van der Waals surface area contributed by atoms with Crippen molar-refractivity contribution in [3.8, 4) is 22.5 Å². The van der Waals surface area contributed by atoms with Crippen molar-refractivity contribution in [2.75, 3.05) is 25.0 Å². The fourth-order valence-electron chi connectivity index (χ4n) is 10.7. The summed E-state index contributed by atoms with van der Waals surface area (Å²) in [6, 6.07) is 44.6. The number of aromatic nitrogens is 2. The minimum atomic E-state index is -0.267. The number of carbonyl (C=O) groups is 4. The summed E-state index contributed by atoms with van der Waals surface area (Å²) in [5.41, 5.74) is 21.1. The first-order valence-electron chi connectivity index (χ1n) is 29.7. The van der Waals surface area contributed by atoms with Crippen molar-refractivity contribution in [2.45, 2.75) is 127 Å². The Hall–Kier alpha value is -7.74. The highest BCUT2D eigenvalue weighted by Gasteiger charge is 2.49. The van der Waals surface area contributed by atoms with E-state index in [1.54, 1.807) is 33.4 Å². The number of hydrogen-bond acceptors (Lipinski definition) is 7. The number of pyridine rings is 2. The van der Waals surface area contributed by atoms with Gasteiger partial charge in [-0.15, -0.1) is 0 Å². The molecular weight excluding hydrogens is 1140 g/mol. The Balaban J connectivity index is 0.000000301. The monoisotopic (exact) mass is 1220 g/mol. The van der Waals surface area contributed by atoms with Gasteiger partial charge >= 0.3 is 0 Å². The lowest BCUT2D eigenvalue weighted by Crippen LogP contribution is -3.00. The predicted molar refractivity (Wildman–Crippen MR) is 345 cm³/mol. The third-order valence-electron chi connectivity index (χ3n) is 13.8. The molecule has 1 aliphatic heterocycles. The Labute approximate surface area is 510 Å². The van der Waals surface area contributed by atoms with E-state index in [0.717, 1.165) is 63.6 Å². The fraction of sp³-hybridized carbons (Fsp3) is 0.333. The van der Waals surface area contributed by atoms with Crippen molar-refractivity contribution < 1.29 is 37.3 Å². The Bertz CT molecular complexity index is 3700. The molecule has 8 aromatic rings. The molecule has 3 aliphatic carbocycles. The maximum Gasteiger partial charge on any atom is 0.258 e. The zero-order valence-corrected chi connectivity index (χ0v) is 53.3. The van der Waals surface area contributed by atoms with Gasteiger partial charge in [-0.3, -0.25) is 28.8 Å². The van der Waals surface area contributed by atoms with E-state index in [1.807, 2.05) is 209 Å². The number of rotatable bonds is 10. The molecule has 1 amide bonds. The van der Waals surface area contributed by atoms with Gasteiger partial charge in [0.2, 0.25) is 0 Å². The van der Waals surface area contributed by atoms with Gasteiger partial charge in [0.05, 0.1) is 41.0 Å². The average molecular weight is 1220 g/mol. The molecule has 6 aromatic carbocycles. The van der Waals surface area contributed by atoms with Gasteiger partial charge in [0.1, 0.15) is 0 Å². The smallest absolute Gasteiger partial charge is 0.258 e. The lowest BCUT2D eigenvalue weighted by Gasteiger charge is -2.38. The molecule has 15 heteroatoms. The normalized spacial score (nSPS) is 13.4. The van der Waals surface area contributed by atoms with E-state index in [2.05, 4.69) is 31.7 Å². The second-order valence-electron chi connectivity index (χ2n) is 17.7. The van der Waals surface area contributed by atoms with Crippen molar-refractivity contribution in [3.63, 3.8) is 0 Å². The first-order valence-corrected chi connectivity index (χ1v) is 30.8. The molecule has 13 nitrogen and oxygen atoms in total. The lowest BCUT2D eigenvalue weighted by atomic mass is 9.83. The number of alkyl halides is 1. The summed E-state index contributed by atoms with van der Waals surface area (Å²) < 4.78 is 3.40. The molecule has 0 radical (unpaired) electrons. The fourth-order valence-corrected chi connectivity index (χ4v) is 11.0. The quantitative estimate of drug-likeness (QED) is 0.0465. The van der Waals surface area contributed by atoms with E-state index < -0.39 is 0 Å². The molecule has 12 rings (SSSR count). The first kappa shape index (κ1) is 70.5. The summed E-state index contributed by atoms with van der Waals surface area (Å²) in [4.78, 5) is 82.4. The van der Waals surface area contributed by atoms with Gasteiger partial charge in [-0.2, -0.15) is 0 Å². The largest absolute Gasteiger partial charge is 1.00 e. The SMILES string of the molecule is CC.CC.CC.CC.CC.CC.O=C1c2ccccc2[C@@H]2[C@H]1c1ccccc1C(=O)N2CCCBr.[Cl-].[N-]=[N+]=NCCCn1c2c(c3ccccc3c1=O)C(=O)c1ccccc1-2.[NH3+]CCCn1c2c(c3ccccc3c1=O)C(=O)c1ccccc1-2. The molecule has 0 spiro atoms. The molecule has 2 aromatic heterocycles. The molecule has 0 bridgehead atoms. The molecule has 0 unspecified atom stereocenters. The van der Waals surface area contributed by atoms with E-state index in [9.17, 15) is 28.8 Å². The number of ketones is 3. The number of Topliss-reactive ketones (excluding diaryl/α,β-unsaturated/α-hetero) is 1. The van der Waals surface area contributed by atoms with Gasteiger partial charge in [0.15, 0.2) is 17.3 Å². The summed E-state index contributed by atoms with van der Waals surface area (Å²) in [7, 11) is 0. The third kappa shape index (κ3) is 14.1. The van der Waals surface area contributed by atoms with Crippen LogP contribution in [0, 0.1) is 0 Å². The maximum absolute atomic E-state index is 13.0. The number of azide groups is 1. The number of hydrogen-bond donors (Lipinski definition) is 1. The van der Waals surface area contributed by atoms with Crippen LogP contribution in [0.3, 0.4) is 0 Å². The van der Waals surface area contributed by atoms with E-state index >= 15 is 0 Å². The van der Waals surface area contributed by atoms with Gasteiger partial charge in [0, 0.05) is 97.8 Å².